The van der Waals surface area contributed by atoms with E-state index in [0.29, 0.717) is 5.88 Å². The van der Waals surface area contributed by atoms with Crippen LogP contribution in [0.3, 0.4) is 0 Å². The van der Waals surface area contributed by atoms with Gasteiger partial charge in [-0.25, -0.2) is 4.98 Å². The summed E-state index contributed by atoms with van der Waals surface area (Å²) in [5.41, 5.74) is 2.27. The number of aromatic nitrogens is 2. The molecule has 0 radical (unpaired) electrons. The number of aryl methyl sites for hydroxylation is 1. The quantitative estimate of drug-likeness (QED) is 0.746. The minimum atomic E-state index is 0.183. The number of halogens is 1. The van der Waals surface area contributed by atoms with Crippen molar-refractivity contribution >= 4 is 11.6 Å². The molecule has 0 saturated heterocycles. The number of nitrogens with zero attached hydrogens (tertiary/aromatic N) is 2. The summed E-state index contributed by atoms with van der Waals surface area (Å²) in [6.45, 7) is 4.04. The molecular formula is C12H11ClN2O. The van der Waals surface area contributed by atoms with Crippen molar-refractivity contribution < 1.29 is 4.74 Å². The molecule has 0 unspecified atom stereocenters. The van der Waals surface area contributed by atoms with E-state index in [1.54, 1.807) is 12.3 Å². The number of hydrogen-bond acceptors (Lipinski definition) is 3. The zero-order valence-electron chi connectivity index (χ0n) is 9.07. The molecule has 0 amide bonds. The Morgan fingerprint density at radius 2 is 2.00 bits per heavy atom. The summed E-state index contributed by atoms with van der Waals surface area (Å²) in [6.07, 6.45) is 1.57. The molecule has 0 atom stereocenters. The van der Waals surface area contributed by atoms with Crippen LogP contribution < -0.4 is 4.74 Å². The van der Waals surface area contributed by atoms with Gasteiger partial charge in [-0.3, -0.25) is 0 Å². The molecule has 4 heteroatoms. The van der Waals surface area contributed by atoms with Gasteiger partial charge in [0.25, 0.3) is 0 Å². The van der Waals surface area contributed by atoms with E-state index in [1.165, 1.54) is 5.56 Å². The van der Waals surface area contributed by atoms with E-state index in [0.717, 1.165) is 11.3 Å². The SMILES string of the molecule is Cc1cccc(Oc2ccnc(Cl)n2)c1C. The van der Waals surface area contributed by atoms with Gasteiger partial charge in [0.05, 0.1) is 0 Å². The van der Waals surface area contributed by atoms with Gasteiger partial charge in [0.1, 0.15) is 5.75 Å². The molecule has 1 aromatic carbocycles. The summed E-state index contributed by atoms with van der Waals surface area (Å²) in [4.78, 5) is 7.77. The second-order valence-corrected chi connectivity index (χ2v) is 3.80. The molecule has 0 spiro atoms. The van der Waals surface area contributed by atoms with Crippen molar-refractivity contribution in [2.45, 2.75) is 13.8 Å². The van der Waals surface area contributed by atoms with E-state index < -0.39 is 0 Å². The van der Waals surface area contributed by atoms with Crippen molar-refractivity contribution in [3.63, 3.8) is 0 Å². The van der Waals surface area contributed by atoms with E-state index in [9.17, 15) is 0 Å². The topological polar surface area (TPSA) is 35.0 Å². The van der Waals surface area contributed by atoms with E-state index in [-0.39, 0.29) is 5.28 Å². The molecule has 2 aromatic rings. The molecule has 0 N–H and O–H groups in total. The Morgan fingerprint density at radius 3 is 2.75 bits per heavy atom. The van der Waals surface area contributed by atoms with Crippen LogP contribution in [0, 0.1) is 13.8 Å². The molecule has 3 nitrogen and oxygen atoms in total. The fraction of sp³-hybridized carbons (Fsp3) is 0.167. The first-order valence-corrected chi connectivity index (χ1v) is 5.27. The standard InChI is InChI=1S/C12H11ClN2O/c1-8-4-3-5-10(9(8)2)16-11-6-7-14-12(13)15-11/h3-7H,1-2H3. The van der Waals surface area contributed by atoms with E-state index in [1.807, 2.05) is 32.0 Å². The fourth-order valence-corrected chi connectivity index (χ4v) is 1.46. The molecular weight excluding hydrogens is 224 g/mol. The fourth-order valence-electron chi connectivity index (χ4n) is 1.32. The Bertz CT molecular complexity index is 514. The largest absolute Gasteiger partial charge is 0.439 e. The van der Waals surface area contributed by atoms with Crippen molar-refractivity contribution in [2.24, 2.45) is 0 Å². The summed E-state index contributed by atoms with van der Waals surface area (Å²) in [5.74, 6) is 1.24. The highest BCUT2D eigenvalue weighted by Crippen LogP contribution is 2.25. The van der Waals surface area contributed by atoms with Gasteiger partial charge in [-0.15, -0.1) is 0 Å². The lowest BCUT2D eigenvalue weighted by Crippen LogP contribution is -1.92. The van der Waals surface area contributed by atoms with Gasteiger partial charge in [0, 0.05) is 12.3 Å². The van der Waals surface area contributed by atoms with E-state index in [4.69, 9.17) is 16.3 Å². The molecule has 16 heavy (non-hydrogen) atoms. The van der Waals surface area contributed by atoms with Gasteiger partial charge in [-0.2, -0.15) is 4.98 Å². The summed E-state index contributed by atoms with van der Waals surface area (Å²) >= 11 is 5.68. The second-order valence-electron chi connectivity index (χ2n) is 3.46. The van der Waals surface area contributed by atoms with Gasteiger partial charge < -0.3 is 4.74 Å². The van der Waals surface area contributed by atoms with Gasteiger partial charge in [0.2, 0.25) is 11.2 Å². The van der Waals surface area contributed by atoms with Crippen LogP contribution in [0.25, 0.3) is 0 Å². The molecule has 0 aliphatic heterocycles. The highest BCUT2D eigenvalue weighted by Gasteiger charge is 2.04. The van der Waals surface area contributed by atoms with Crippen LogP contribution in [-0.2, 0) is 0 Å². The zero-order valence-corrected chi connectivity index (χ0v) is 9.82. The van der Waals surface area contributed by atoms with E-state index >= 15 is 0 Å². The first-order chi connectivity index (χ1) is 7.66. The molecule has 1 heterocycles. The summed E-state index contributed by atoms with van der Waals surface area (Å²) < 4.78 is 5.64. The molecule has 0 fully saturated rings. The number of ether oxygens (including phenoxy) is 1. The van der Waals surface area contributed by atoms with Gasteiger partial charge in [-0.1, -0.05) is 12.1 Å². The summed E-state index contributed by atoms with van der Waals surface area (Å²) in [5, 5.41) is 0.183. The van der Waals surface area contributed by atoms with Crippen LogP contribution in [0.15, 0.2) is 30.5 Å². The maximum absolute atomic E-state index is 5.68. The van der Waals surface area contributed by atoms with Crippen molar-refractivity contribution in [3.8, 4) is 11.6 Å². The Hall–Kier alpha value is -1.61. The van der Waals surface area contributed by atoms with Crippen LogP contribution in [0.4, 0.5) is 0 Å². The highest BCUT2D eigenvalue weighted by atomic mass is 35.5. The molecule has 82 valence electrons. The minimum Gasteiger partial charge on any atom is -0.439 e. The van der Waals surface area contributed by atoms with Crippen LogP contribution in [0.2, 0.25) is 5.28 Å². The van der Waals surface area contributed by atoms with Crippen molar-refractivity contribution in [1.82, 2.24) is 9.97 Å². The van der Waals surface area contributed by atoms with Crippen LogP contribution >= 0.6 is 11.6 Å². The Balaban J connectivity index is 2.31. The van der Waals surface area contributed by atoms with Crippen molar-refractivity contribution in [2.75, 3.05) is 0 Å². The van der Waals surface area contributed by atoms with Crippen molar-refractivity contribution in [1.29, 1.82) is 0 Å². The molecule has 0 aliphatic carbocycles. The first kappa shape index (κ1) is 10.9. The molecule has 0 aliphatic rings. The predicted octanol–water partition coefficient (Wildman–Crippen LogP) is 3.54. The summed E-state index contributed by atoms with van der Waals surface area (Å²) in [6, 6.07) is 7.56. The van der Waals surface area contributed by atoms with Crippen LogP contribution in [0.5, 0.6) is 11.6 Å². The van der Waals surface area contributed by atoms with E-state index in [2.05, 4.69) is 9.97 Å². The molecule has 2 rings (SSSR count). The molecule has 1 aromatic heterocycles. The third-order valence-electron chi connectivity index (χ3n) is 2.37. The lowest BCUT2D eigenvalue weighted by atomic mass is 10.1. The van der Waals surface area contributed by atoms with Gasteiger partial charge in [0.15, 0.2) is 0 Å². The third kappa shape index (κ3) is 2.31. The normalized spacial score (nSPS) is 10.2. The average Bonchev–Trinajstić information content (AvgIpc) is 2.25. The molecule has 0 saturated carbocycles. The van der Waals surface area contributed by atoms with Gasteiger partial charge in [-0.05, 0) is 42.6 Å². The maximum Gasteiger partial charge on any atom is 0.225 e. The Kier molecular flexibility index (Phi) is 3.06. The molecule has 0 bridgehead atoms. The minimum absolute atomic E-state index is 0.183. The monoisotopic (exact) mass is 234 g/mol. The maximum atomic E-state index is 5.68. The smallest absolute Gasteiger partial charge is 0.225 e. The van der Waals surface area contributed by atoms with Crippen LogP contribution in [-0.4, -0.2) is 9.97 Å². The first-order valence-electron chi connectivity index (χ1n) is 4.89. The Morgan fingerprint density at radius 1 is 1.19 bits per heavy atom. The van der Waals surface area contributed by atoms with Gasteiger partial charge >= 0.3 is 0 Å². The lowest BCUT2D eigenvalue weighted by molar-refractivity contribution is 0.457. The third-order valence-corrected chi connectivity index (χ3v) is 2.55. The number of hydrogen-bond donors (Lipinski definition) is 0. The highest BCUT2D eigenvalue weighted by molar-refractivity contribution is 6.28. The van der Waals surface area contributed by atoms with Crippen LogP contribution in [0.1, 0.15) is 11.1 Å². The summed E-state index contributed by atoms with van der Waals surface area (Å²) in [7, 11) is 0. The number of rotatable bonds is 2. The average molecular weight is 235 g/mol. The lowest BCUT2D eigenvalue weighted by Gasteiger charge is -2.09. The predicted molar refractivity (Wildman–Crippen MR) is 63.0 cm³/mol. The Labute approximate surface area is 99.1 Å². The van der Waals surface area contributed by atoms with Crippen molar-refractivity contribution in [3.05, 3.63) is 46.9 Å². The second kappa shape index (κ2) is 4.49. The zero-order chi connectivity index (χ0) is 11.5. The number of benzene rings is 1.